The average Bonchev–Trinajstić information content (AvgIpc) is 2.39. The Balaban J connectivity index is 2.95. The Hall–Kier alpha value is -1.55. The molecule has 20 heavy (non-hydrogen) atoms. The van der Waals surface area contributed by atoms with Crippen LogP contribution >= 0.6 is 0 Å². The van der Waals surface area contributed by atoms with Gasteiger partial charge in [0, 0.05) is 17.6 Å². The van der Waals surface area contributed by atoms with Crippen molar-refractivity contribution in [2.75, 3.05) is 13.2 Å². The number of aliphatic carboxylic acids is 1. The smallest absolute Gasteiger partial charge is 0.304 e. The Morgan fingerprint density at radius 2 is 1.95 bits per heavy atom. The van der Waals surface area contributed by atoms with E-state index in [1.165, 1.54) is 0 Å². The number of hydrogen-bond acceptors (Lipinski definition) is 3. The van der Waals surface area contributed by atoms with Gasteiger partial charge >= 0.3 is 5.97 Å². The molecule has 0 saturated heterocycles. The summed E-state index contributed by atoms with van der Waals surface area (Å²) in [6, 6.07) is 8.07. The zero-order chi connectivity index (χ0) is 15.1. The third kappa shape index (κ3) is 4.23. The Morgan fingerprint density at radius 3 is 2.50 bits per heavy atom. The molecule has 0 fully saturated rings. The first-order chi connectivity index (χ1) is 9.51. The van der Waals surface area contributed by atoms with Gasteiger partial charge in [0.15, 0.2) is 0 Å². The highest BCUT2D eigenvalue weighted by Crippen LogP contribution is 2.30. The van der Waals surface area contributed by atoms with Gasteiger partial charge in [-0.3, -0.25) is 9.69 Å². The van der Waals surface area contributed by atoms with Gasteiger partial charge in [-0.05, 0) is 33.4 Å². The maximum absolute atomic E-state index is 10.9. The first-order valence-electron chi connectivity index (χ1n) is 7.20. The topological polar surface area (TPSA) is 49.8 Å². The van der Waals surface area contributed by atoms with Crippen LogP contribution in [0.4, 0.5) is 0 Å². The van der Waals surface area contributed by atoms with Gasteiger partial charge in [-0.25, -0.2) is 0 Å². The number of ether oxygens (including phenoxy) is 1. The summed E-state index contributed by atoms with van der Waals surface area (Å²) in [4.78, 5) is 13.1. The van der Waals surface area contributed by atoms with E-state index < -0.39 is 5.97 Å². The maximum atomic E-state index is 10.9. The molecule has 1 aromatic carbocycles. The summed E-state index contributed by atoms with van der Waals surface area (Å²) in [5.41, 5.74) is 1.11. The number of carboxylic acid groups (broad SMARTS) is 1. The summed E-state index contributed by atoms with van der Waals surface area (Å²) in [5, 5.41) is 8.97. The van der Waals surface area contributed by atoms with E-state index in [4.69, 9.17) is 9.84 Å². The first-order valence-corrected chi connectivity index (χ1v) is 7.20. The maximum Gasteiger partial charge on any atom is 0.304 e. The van der Waals surface area contributed by atoms with Crippen LogP contribution in [-0.4, -0.2) is 35.2 Å². The SMILES string of the molecule is CCOc1ccccc1C(C)N(CC)C(C)CC(=O)O. The van der Waals surface area contributed by atoms with Crippen molar-refractivity contribution in [1.29, 1.82) is 0 Å². The minimum atomic E-state index is -0.763. The van der Waals surface area contributed by atoms with Crippen molar-refractivity contribution in [2.24, 2.45) is 0 Å². The molecule has 0 aromatic heterocycles. The Labute approximate surface area is 121 Å². The fraction of sp³-hybridized carbons (Fsp3) is 0.562. The summed E-state index contributed by atoms with van der Waals surface area (Å²) in [6.07, 6.45) is 0.148. The number of benzene rings is 1. The Bertz CT molecular complexity index is 433. The molecule has 0 aliphatic carbocycles. The first kappa shape index (κ1) is 16.5. The monoisotopic (exact) mass is 279 g/mol. The van der Waals surface area contributed by atoms with Crippen LogP contribution < -0.4 is 4.74 Å². The lowest BCUT2D eigenvalue weighted by Gasteiger charge is -2.33. The molecule has 2 atom stereocenters. The molecule has 2 unspecified atom stereocenters. The second-order valence-electron chi connectivity index (χ2n) is 4.92. The molecule has 0 aliphatic heterocycles. The van der Waals surface area contributed by atoms with Crippen molar-refractivity contribution < 1.29 is 14.6 Å². The number of nitrogens with zero attached hydrogens (tertiary/aromatic N) is 1. The van der Waals surface area contributed by atoms with Crippen LogP contribution in [0, 0.1) is 0 Å². The van der Waals surface area contributed by atoms with E-state index in [0.717, 1.165) is 17.9 Å². The van der Waals surface area contributed by atoms with E-state index in [1.54, 1.807) is 0 Å². The van der Waals surface area contributed by atoms with Crippen LogP contribution in [0.1, 0.15) is 45.7 Å². The highest BCUT2D eigenvalue weighted by Gasteiger charge is 2.23. The van der Waals surface area contributed by atoms with Gasteiger partial charge in [-0.15, -0.1) is 0 Å². The Kier molecular flexibility index (Phi) is 6.52. The fourth-order valence-corrected chi connectivity index (χ4v) is 2.63. The summed E-state index contributed by atoms with van der Waals surface area (Å²) in [6.45, 7) is 9.50. The van der Waals surface area contributed by atoms with Gasteiger partial charge in [0.05, 0.1) is 13.0 Å². The number of carbonyl (C=O) groups is 1. The number of carboxylic acids is 1. The van der Waals surface area contributed by atoms with E-state index in [1.807, 2.05) is 38.1 Å². The summed E-state index contributed by atoms with van der Waals surface area (Å²) < 4.78 is 5.67. The molecule has 1 N–H and O–H groups in total. The minimum absolute atomic E-state index is 0.0119. The van der Waals surface area contributed by atoms with E-state index in [9.17, 15) is 4.79 Å². The molecule has 112 valence electrons. The lowest BCUT2D eigenvalue weighted by atomic mass is 10.0. The summed E-state index contributed by atoms with van der Waals surface area (Å²) >= 11 is 0. The van der Waals surface area contributed by atoms with Crippen LogP contribution in [-0.2, 0) is 4.79 Å². The van der Waals surface area contributed by atoms with Crippen LogP contribution in [0.5, 0.6) is 5.75 Å². The van der Waals surface area contributed by atoms with Gasteiger partial charge in [-0.2, -0.15) is 0 Å². The zero-order valence-corrected chi connectivity index (χ0v) is 12.8. The second-order valence-corrected chi connectivity index (χ2v) is 4.92. The molecule has 0 spiro atoms. The molecule has 0 saturated carbocycles. The molecule has 0 aliphatic rings. The van der Waals surface area contributed by atoms with Crippen LogP contribution in [0.25, 0.3) is 0 Å². The van der Waals surface area contributed by atoms with Crippen molar-refractivity contribution in [2.45, 2.75) is 46.2 Å². The lowest BCUT2D eigenvalue weighted by molar-refractivity contribution is -0.138. The van der Waals surface area contributed by atoms with Gasteiger partial charge in [0.1, 0.15) is 5.75 Å². The molecule has 0 amide bonds. The average molecular weight is 279 g/mol. The van der Waals surface area contributed by atoms with Crippen molar-refractivity contribution in [3.63, 3.8) is 0 Å². The van der Waals surface area contributed by atoms with E-state index in [-0.39, 0.29) is 18.5 Å². The van der Waals surface area contributed by atoms with E-state index in [0.29, 0.717) is 6.61 Å². The molecule has 0 radical (unpaired) electrons. The van der Waals surface area contributed by atoms with Crippen LogP contribution in [0.3, 0.4) is 0 Å². The highest BCUT2D eigenvalue weighted by atomic mass is 16.5. The standard InChI is InChI=1S/C16H25NO3/c1-5-17(12(3)11-16(18)19)13(4)14-9-7-8-10-15(14)20-6-2/h7-10,12-13H,5-6,11H2,1-4H3,(H,18,19). The van der Waals surface area contributed by atoms with E-state index >= 15 is 0 Å². The lowest BCUT2D eigenvalue weighted by Crippen LogP contribution is -2.36. The number of para-hydroxylation sites is 1. The second kappa shape index (κ2) is 7.90. The van der Waals surface area contributed by atoms with Crippen LogP contribution in [0.2, 0.25) is 0 Å². The molecule has 1 aromatic rings. The fourth-order valence-electron chi connectivity index (χ4n) is 2.63. The van der Waals surface area contributed by atoms with Gasteiger partial charge < -0.3 is 9.84 Å². The zero-order valence-electron chi connectivity index (χ0n) is 12.8. The number of hydrogen-bond donors (Lipinski definition) is 1. The summed E-state index contributed by atoms with van der Waals surface area (Å²) in [7, 11) is 0. The molecule has 4 heteroatoms. The molecule has 4 nitrogen and oxygen atoms in total. The van der Waals surface area contributed by atoms with Crippen LogP contribution in [0.15, 0.2) is 24.3 Å². The predicted octanol–water partition coefficient (Wildman–Crippen LogP) is 3.33. The normalized spacial score (nSPS) is 14.1. The highest BCUT2D eigenvalue weighted by molar-refractivity contribution is 5.67. The predicted molar refractivity (Wildman–Crippen MR) is 80.1 cm³/mol. The molecular formula is C16H25NO3. The van der Waals surface area contributed by atoms with Crippen molar-refractivity contribution in [3.05, 3.63) is 29.8 Å². The third-order valence-corrected chi connectivity index (χ3v) is 3.57. The van der Waals surface area contributed by atoms with Crippen molar-refractivity contribution >= 4 is 5.97 Å². The molecule has 0 bridgehead atoms. The minimum Gasteiger partial charge on any atom is -0.494 e. The molecule has 0 heterocycles. The van der Waals surface area contributed by atoms with Crippen molar-refractivity contribution in [3.8, 4) is 5.75 Å². The van der Waals surface area contributed by atoms with Crippen molar-refractivity contribution in [1.82, 2.24) is 4.90 Å². The molecule has 1 rings (SSSR count). The van der Waals surface area contributed by atoms with E-state index in [2.05, 4.69) is 18.7 Å². The largest absolute Gasteiger partial charge is 0.494 e. The van der Waals surface area contributed by atoms with Gasteiger partial charge in [0.2, 0.25) is 0 Å². The quantitative estimate of drug-likeness (QED) is 0.793. The van der Waals surface area contributed by atoms with Gasteiger partial charge in [-0.1, -0.05) is 25.1 Å². The third-order valence-electron chi connectivity index (χ3n) is 3.57. The van der Waals surface area contributed by atoms with Gasteiger partial charge in [0.25, 0.3) is 0 Å². The molecular weight excluding hydrogens is 254 g/mol. The summed E-state index contributed by atoms with van der Waals surface area (Å²) in [5.74, 6) is 0.115. The Morgan fingerprint density at radius 1 is 1.30 bits per heavy atom. The number of rotatable bonds is 8.